The van der Waals surface area contributed by atoms with E-state index in [0.29, 0.717) is 48.4 Å². The summed E-state index contributed by atoms with van der Waals surface area (Å²) in [4.78, 5) is 33.1. The highest BCUT2D eigenvalue weighted by atomic mass is 16.5. The lowest BCUT2D eigenvalue weighted by Gasteiger charge is -2.27. The van der Waals surface area contributed by atoms with E-state index < -0.39 is 0 Å². The highest BCUT2D eigenvalue weighted by Crippen LogP contribution is 2.20. The minimum absolute atomic E-state index is 0.167. The highest BCUT2D eigenvalue weighted by molar-refractivity contribution is 5.77. The summed E-state index contributed by atoms with van der Waals surface area (Å²) in [6.45, 7) is 5.58. The van der Waals surface area contributed by atoms with Crippen molar-refractivity contribution in [1.29, 1.82) is 0 Å². The molecule has 33 heavy (non-hydrogen) atoms. The first-order valence-corrected chi connectivity index (χ1v) is 10.9. The van der Waals surface area contributed by atoms with Gasteiger partial charge in [0.1, 0.15) is 17.0 Å². The third-order valence-electron chi connectivity index (χ3n) is 5.42. The van der Waals surface area contributed by atoms with Crippen LogP contribution in [0.15, 0.2) is 47.5 Å². The van der Waals surface area contributed by atoms with E-state index in [4.69, 9.17) is 10.5 Å². The molecule has 1 aliphatic rings. The van der Waals surface area contributed by atoms with E-state index in [1.807, 2.05) is 19.1 Å². The van der Waals surface area contributed by atoms with Crippen molar-refractivity contribution in [3.8, 4) is 5.82 Å². The van der Waals surface area contributed by atoms with E-state index in [9.17, 15) is 4.79 Å². The first-order valence-electron chi connectivity index (χ1n) is 10.9. The summed E-state index contributed by atoms with van der Waals surface area (Å²) in [6, 6.07) is 9.18. The molecule has 11 heteroatoms. The molecule has 11 nitrogen and oxygen atoms in total. The van der Waals surface area contributed by atoms with Crippen LogP contribution in [0.4, 0.5) is 23.3 Å². The van der Waals surface area contributed by atoms with Crippen LogP contribution in [0.1, 0.15) is 13.3 Å². The number of hydrogen-bond donors (Lipinski definition) is 2. The summed E-state index contributed by atoms with van der Waals surface area (Å²) in [6.07, 6.45) is 4.06. The van der Waals surface area contributed by atoms with Gasteiger partial charge in [-0.1, -0.05) is 13.0 Å². The number of fused-ring (bicyclic) bond motifs is 1. The molecule has 1 saturated heterocycles. The molecule has 0 saturated carbocycles. The lowest BCUT2D eigenvalue weighted by atomic mass is 10.3. The molecule has 0 radical (unpaired) electrons. The number of hydrogen-bond acceptors (Lipinski definition) is 9. The van der Waals surface area contributed by atoms with Crippen molar-refractivity contribution in [2.45, 2.75) is 19.9 Å². The van der Waals surface area contributed by atoms with Gasteiger partial charge in [-0.25, -0.2) is 24.3 Å². The Labute approximate surface area is 189 Å². The van der Waals surface area contributed by atoms with Gasteiger partial charge in [0, 0.05) is 25.8 Å². The Morgan fingerprint density at radius 2 is 1.91 bits per heavy atom. The molecule has 5 rings (SSSR count). The molecule has 3 N–H and O–H groups in total. The number of nitrogens with one attached hydrogen (secondary N) is 1. The van der Waals surface area contributed by atoms with E-state index in [0.717, 1.165) is 31.0 Å². The van der Waals surface area contributed by atoms with E-state index in [1.54, 1.807) is 33.8 Å². The maximum absolute atomic E-state index is 13.0. The second-order valence-electron chi connectivity index (χ2n) is 7.72. The number of rotatable bonds is 6. The molecule has 4 aromatic rings. The van der Waals surface area contributed by atoms with Crippen LogP contribution in [0.3, 0.4) is 0 Å². The van der Waals surface area contributed by atoms with Crippen LogP contribution in [0.25, 0.3) is 16.9 Å². The summed E-state index contributed by atoms with van der Waals surface area (Å²) in [5, 5.41) is 3.60. The fourth-order valence-electron chi connectivity index (χ4n) is 3.86. The van der Waals surface area contributed by atoms with Crippen molar-refractivity contribution >= 4 is 34.3 Å². The monoisotopic (exact) mass is 447 g/mol. The second kappa shape index (κ2) is 8.87. The molecule has 5 heterocycles. The number of nitrogen functional groups attached to an aromatic ring is 1. The molecular weight excluding hydrogens is 422 g/mol. The van der Waals surface area contributed by atoms with Crippen LogP contribution in [-0.4, -0.2) is 55.6 Å². The Balaban J connectivity index is 1.50. The van der Waals surface area contributed by atoms with Crippen LogP contribution in [0.2, 0.25) is 0 Å². The Morgan fingerprint density at radius 1 is 1.06 bits per heavy atom. The third-order valence-corrected chi connectivity index (χ3v) is 5.42. The van der Waals surface area contributed by atoms with E-state index >= 15 is 0 Å². The van der Waals surface area contributed by atoms with Gasteiger partial charge in [0.05, 0.1) is 25.1 Å². The predicted molar refractivity (Wildman–Crippen MR) is 126 cm³/mol. The van der Waals surface area contributed by atoms with Gasteiger partial charge in [0.25, 0.3) is 5.56 Å². The molecule has 0 aliphatic carbocycles. The average molecular weight is 448 g/mol. The largest absolute Gasteiger partial charge is 0.384 e. The van der Waals surface area contributed by atoms with Gasteiger partial charge >= 0.3 is 0 Å². The first kappa shape index (κ1) is 20.9. The van der Waals surface area contributed by atoms with Crippen LogP contribution in [-0.2, 0) is 11.3 Å². The summed E-state index contributed by atoms with van der Waals surface area (Å²) in [7, 11) is 0. The van der Waals surface area contributed by atoms with Gasteiger partial charge in [-0.2, -0.15) is 4.98 Å². The Kier molecular flexibility index (Phi) is 5.61. The predicted octanol–water partition coefficient (Wildman–Crippen LogP) is 1.94. The number of pyridine rings is 2. The number of nitrogens with zero attached hydrogens (tertiary/aromatic N) is 7. The van der Waals surface area contributed by atoms with Gasteiger partial charge < -0.3 is 20.7 Å². The minimum Gasteiger partial charge on any atom is -0.384 e. The standard InChI is InChI=1S/C22H25N9O2/c1-2-8-30-21(32)16-14-25-22(28-20(16)31(30)19-5-3-4-17(23)27-19)26-15-6-7-18(24-13-15)29-9-11-33-12-10-29/h3-7,13-14H,2,8-12H2,1H3,(H2,23,27)(H,25,26,28). The average Bonchev–Trinajstić information content (AvgIpc) is 3.11. The number of morpholine rings is 1. The molecule has 1 fully saturated rings. The molecule has 0 spiro atoms. The van der Waals surface area contributed by atoms with Crippen molar-refractivity contribution < 1.29 is 4.74 Å². The number of aromatic nitrogens is 6. The quantitative estimate of drug-likeness (QED) is 0.455. The summed E-state index contributed by atoms with van der Waals surface area (Å²) in [5.41, 5.74) is 6.93. The lowest BCUT2D eigenvalue weighted by Crippen LogP contribution is -2.36. The van der Waals surface area contributed by atoms with Gasteiger partial charge in [-0.05, 0) is 30.7 Å². The third kappa shape index (κ3) is 4.10. The zero-order valence-corrected chi connectivity index (χ0v) is 18.3. The molecule has 0 aromatic carbocycles. The van der Waals surface area contributed by atoms with Crippen LogP contribution >= 0.6 is 0 Å². The second-order valence-corrected chi connectivity index (χ2v) is 7.72. The summed E-state index contributed by atoms with van der Waals surface area (Å²) >= 11 is 0. The SMILES string of the molecule is CCCn1c(=O)c2cnc(Nc3ccc(N4CCOCC4)nc3)nc2n1-c1cccc(N)n1. The summed E-state index contributed by atoms with van der Waals surface area (Å²) in [5.74, 6) is 2.15. The van der Waals surface area contributed by atoms with Gasteiger partial charge in [0.2, 0.25) is 5.95 Å². The van der Waals surface area contributed by atoms with Crippen molar-refractivity contribution in [1.82, 2.24) is 29.3 Å². The van der Waals surface area contributed by atoms with E-state index in [-0.39, 0.29) is 5.56 Å². The molecule has 170 valence electrons. The highest BCUT2D eigenvalue weighted by Gasteiger charge is 2.18. The molecule has 4 aromatic heterocycles. The number of anilines is 4. The molecule has 1 aliphatic heterocycles. The zero-order valence-electron chi connectivity index (χ0n) is 18.3. The fraction of sp³-hybridized carbons (Fsp3) is 0.318. The Morgan fingerprint density at radius 3 is 2.64 bits per heavy atom. The van der Waals surface area contributed by atoms with Crippen LogP contribution < -0.4 is 21.5 Å². The van der Waals surface area contributed by atoms with E-state index in [2.05, 4.69) is 30.2 Å². The molecule has 0 atom stereocenters. The van der Waals surface area contributed by atoms with Gasteiger partial charge in [-0.15, -0.1) is 0 Å². The maximum atomic E-state index is 13.0. The smallest absolute Gasteiger partial charge is 0.278 e. The normalized spacial score (nSPS) is 14.0. The van der Waals surface area contributed by atoms with Crippen LogP contribution in [0, 0.1) is 0 Å². The lowest BCUT2D eigenvalue weighted by molar-refractivity contribution is 0.122. The van der Waals surface area contributed by atoms with E-state index in [1.165, 1.54) is 6.20 Å². The molecule has 0 unspecified atom stereocenters. The molecule has 0 bridgehead atoms. The fourth-order valence-corrected chi connectivity index (χ4v) is 3.86. The zero-order chi connectivity index (χ0) is 22.8. The molecule has 0 amide bonds. The topological polar surface area (TPSA) is 129 Å². The van der Waals surface area contributed by atoms with Gasteiger partial charge in [0.15, 0.2) is 11.5 Å². The number of nitrogens with two attached hydrogens (primary N) is 1. The first-order chi connectivity index (χ1) is 16.1. The van der Waals surface area contributed by atoms with Crippen LogP contribution in [0.5, 0.6) is 0 Å². The van der Waals surface area contributed by atoms with Crippen molar-refractivity contribution in [3.63, 3.8) is 0 Å². The van der Waals surface area contributed by atoms with Crippen molar-refractivity contribution in [2.75, 3.05) is 42.3 Å². The van der Waals surface area contributed by atoms with Crippen molar-refractivity contribution in [3.05, 3.63) is 53.1 Å². The van der Waals surface area contributed by atoms with Gasteiger partial charge in [-0.3, -0.25) is 4.79 Å². The number of ether oxygens (including phenoxy) is 1. The maximum Gasteiger partial charge on any atom is 0.278 e. The summed E-state index contributed by atoms with van der Waals surface area (Å²) < 4.78 is 8.71. The van der Waals surface area contributed by atoms with Crippen molar-refractivity contribution in [2.24, 2.45) is 0 Å². The minimum atomic E-state index is -0.167. The Hall–Kier alpha value is -3.99. The Bertz CT molecular complexity index is 1320. The molecular formula is C22H25N9O2.